The predicted molar refractivity (Wildman–Crippen MR) is 91.0 cm³/mol. The van der Waals surface area contributed by atoms with Gasteiger partial charge in [0.15, 0.2) is 9.84 Å². The van der Waals surface area contributed by atoms with Crippen LogP contribution >= 0.6 is 0 Å². The van der Waals surface area contributed by atoms with E-state index in [2.05, 4.69) is 0 Å². The number of furan rings is 1. The first kappa shape index (κ1) is 16.5. The van der Waals surface area contributed by atoms with Gasteiger partial charge in [0.25, 0.3) is 0 Å². The fourth-order valence-electron chi connectivity index (χ4n) is 2.91. The van der Waals surface area contributed by atoms with Crippen molar-refractivity contribution in [2.45, 2.75) is 23.8 Å². The van der Waals surface area contributed by atoms with E-state index in [0.717, 1.165) is 6.42 Å². The molecule has 1 aliphatic rings. The van der Waals surface area contributed by atoms with E-state index in [0.29, 0.717) is 23.6 Å². The molecule has 1 unspecified atom stereocenters. The highest BCUT2D eigenvalue weighted by Gasteiger charge is 2.32. The summed E-state index contributed by atoms with van der Waals surface area (Å²) < 4.78 is 30.2. The number of hydrogen-bond donors (Lipinski definition) is 0. The fraction of sp³-hybridized carbons (Fsp3) is 0.278. The van der Waals surface area contributed by atoms with Crippen LogP contribution in [-0.4, -0.2) is 37.6 Å². The van der Waals surface area contributed by atoms with Gasteiger partial charge < -0.3 is 9.32 Å². The van der Waals surface area contributed by atoms with Gasteiger partial charge in [0.05, 0.1) is 16.9 Å². The van der Waals surface area contributed by atoms with E-state index >= 15 is 0 Å². The third-order valence-corrected chi connectivity index (χ3v) is 5.92. The highest BCUT2D eigenvalue weighted by molar-refractivity contribution is 7.91. The number of likely N-dealkylation sites (tertiary alicyclic amines) is 1. The summed E-state index contributed by atoms with van der Waals surface area (Å²) in [6.07, 6.45) is 6.09. The summed E-state index contributed by atoms with van der Waals surface area (Å²) in [7, 11) is -3.40. The van der Waals surface area contributed by atoms with Crippen LogP contribution in [0.2, 0.25) is 0 Å². The average molecular weight is 345 g/mol. The van der Waals surface area contributed by atoms with Crippen LogP contribution in [-0.2, 0) is 14.6 Å². The van der Waals surface area contributed by atoms with Gasteiger partial charge in [0.1, 0.15) is 5.76 Å². The second-order valence-corrected chi connectivity index (χ2v) is 7.81. The Morgan fingerprint density at radius 3 is 2.71 bits per heavy atom. The van der Waals surface area contributed by atoms with Crippen molar-refractivity contribution in [1.29, 1.82) is 0 Å². The summed E-state index contributed by atoms with van der Waals surface area (Å²) in [5.41, 5.74) is 0. The Morgan fingerprint density at radius 2 is 2.00 bits per heavy atom. The molecular formula is C18H19NO4S. The summed E-state index contributed by atoms with van der Waals surface area (Å²) in [6, 6.07) is 11.6. The van der Waals surface area contributed by atoms with Crippen LogP contribution in [0.25, 0.3) is 6.08 Å². The largest absolute Gasteiger partial charge is 0.465 e. The van der Waals surface area contributed by atoms with Crippen molar-refractivity contribution in [2.75, 3.05) is 12.3 Å². The van der Waals surface area contributed by atoms with Gasteiger partial charge in [-0.25, -0.2) is 8.42 Å². The van der Waals surface area contributed by atoms with E-state index in [9.17, 15) is 13.2 Å². The van der Waals surface area contributed by atoms with Crippen LogP contribution < -0.4 is 0 Å². The molecule has 1 aromatic heterocycles. The van der Waals surface area contributed by atoms with Crippen LogP contribution in [0.1, 0.15) is 18.6 Å². The normalized spacial score (nSPS) is 18.3. The molecule has 0 radical (unpaired) electrons. The third kappa shape index (κ3) is 3.76. The molecule has 1 saturated heterocycles. The van der Waals surface area contributed by atoms with Crippen LogP contribution in [0.15, 0.2) is 64.1 Å². The Hall–Kier alpha value is -2.34. The molecule has 1 atom stereocenters. The van der Waals surface area contributed by atoms with E-state index < -0.39 is 9.84 Å². The smallest absolute Gasteiger partial charge is 0.246 e. The number of hydrogen-bond acceptors (Lipinski definition) is 4. The number of benzene rings is 1. The topological polar surface area (TPSA) is 67.6 Å². The molecule has 2 heterocycles. The monoisotopic (exact) mass is 345 g/mol. The molecular weight excluding hydrogens is 326 g/mol. The number of sulfone groups is 1. The molecule has 1 fully saturated rings. The van der Waals surface area contributed by atoms with Gasteiger partial charge >= 0.3 is 0 Å². The van der Waals surface area contributed by atoms with Crippen molar-refractivity contribution in [3.8, 4) is 0 Å². The predicted octanol–water partition coefficient (Wildman–Crippen LogP) is 2.76. The summed E-state index contributed by atoms with van der Waals surface area (Å²) in [6.45, 7) is 0.580. The van der Waals surface area contributed by atoms with Gasteiger partial charge in [-0.3, -0.25) is 4.79 Å². The van der Waals surface area contributed by atoms with Crippen LogP contribution in [0.4, 0.5) is 0 Å². The molecule has 1 aromatic carbocycles. The Morgan fingerprint density at radius 1 is 1.21 bits per heavy atom. The number of amides is 1. The van der Waals surface area contributed by atoms with Gasteiger partial charge in [0, 0.05) is 18.7 Å². The van der Waals surface area contributed by atoms with Gasteiger partial charge in [-0.15, -0.1) is 0 Å². The van der Waals surface area contributed by atoms with E-state index in [1.165, 1.54) is 12.3 Å². The lowest BCUT2D eigenvalue weighted by molar-refractivity contribution is -0.126. The Bertz CT molecular complexity index is 810. The lowest BCUT2D eigenvalue weighted by Gasteiger charge is -2.23. The van der Waals surface area contributed by atoms with E-state index in [1.807, 2.05) is 0 Å². The SMILES string of the molecule is O=C(/C=C/c1ccco1)N1CCCC1CS(=O)(=O)c1ccccc1. The molecule has 5 nitrogen and oxygen atoms in total. The van der Waals surface area contributed by atoms with Gasteiger partial charge in [-0.05, 0) is 43.2 Å². The third-order valence-electron chi connectivity index (χ3n) is 4.11. The summed E-state index contributed by atoms with van der Waals surface area (Å²) in [5.74, 6) is 0.366. The molecule has 0 N–H and O–H groups in total. The van der Waals surface area contributed by atoms with E-state index in [-0.39, 0.29) is 17.7 Å². The zero-order valence-corrected chi connectivity index (χ0v) is 14.0. The molecule has 0 aliphatic carbocycles. The summed E-state index contributed by atoms with van der Waals surface area (Å²) in [5, 5.41) is 0. The molecule has 0 saturated carbocycles. The highest BCUT2D eigenvalue weighted by Crippen LogP contribution is 2.22. The van der Waals surface area contributed by atoms with Crippen LogP contribution in [0.5, 0.6) is 0 Å². The minimum Gasteiger partial charge on any atom is -0.465 e. The first-order chi connectivity index (χ1) is 11.6. The first-order valence-electron chi connectivity index (χ1n) is 7.86. The van der Waals surface area contributed by atoms with Crippen LogP contribution in [0, 0.1) is 0 Å². The minimum atomic E-state index is -3.40. The minimum absolute atomic E-state index is 0.0443. The Labute approximate surface area is 141 Å². The van der Waals surface area contributed by atoms with Crippen molar-refractivity contribution in [1.82, 2.24) is 4.90 Å². The fourth-order valence-corrected chi connectivity index (χ4v) is 4.53. The van der Waals surface area contributed by atoms with Gasteiger partial charge in [-0.1, -0.05) is 18.2 Å². The van der Waals surface area contributed by atoms with Gasteiger partial charge in [0.2, 0.25) is 5.91 Å². The lowest BCUT2D eigenvalue weighted by atomic mass is 10.2. The molecule has 2 aromatic rings. The standard InChI is InChI=1S/C18H19NO4S/c20-18(11-10-16-7-5-13-23-16)19-12-4-6-15(19)14-24(21,22)17-8-2-1-3-9-17/h1-3,5,7-11,13,15H,4,6,12,14H2/b11-10+. The molecule has 6 heteroatoms. The highest BCUT2D eigenvalue weighted by atomic mass is 32.2. The molecule has 1 aliphatic heterocycles. The zero-order valence-electron chi connectivity index (χ0n) is 13.2. The van der Waals surface area contributed by atoms with Crippen molar-refractivity contribution < 1.29 is 17.6 Å². The summed E-state index contributed by atoms with van der Waals surface area (Å²) in [4.78, 5) is 14.3. The maximum atomic E-state index is 12.5. The maximum absolute atomic E-state index is 12.5. The van der Waals surface area contributed by atoms with E-state index in [4.69, 9.17) is 4.42 Å². The first-order valence-corrected chi connectivity index (χ1v) is 9.51. The lowest BCUT2D eigenvalue weighted by Crippen LogP contribution is -2.38. The molecule has 1 amide bonds. The van der Waals surface area contributed by atoms with Gasteiger partial charge in [-0.2, -0.15) is 0 Å². The molecule has 24 heavy (non-hydrogen) atoms. The molecule has 0 bridgehead atoms. The molecule has 0 spiro atoms. The number of carbonyl (C=O) groups is 1. The Kier molecular flexibility index (Phi) is 4.85. The summed E-state index contributed by atoms with van der Waals surface area (Å²) >= 11 is 0. The van der Waals surface area contributed by atoms with Crippen molar-refractivity contribution in [2.24, 2.45) is 0 Å². The maximum Gasteiger partial charge on any atom is 0.246 e. The second-order valence-electron chi connectivity index (χ2n) is 5.77. The molecule has 3 rings (SSSR count). The number of carbonyl (C=O) groups excluding carboxylic acids is 1. The van der Waals surface area contributed by atoms with E-state index in [1.54, 1.807) is 53.4 Å². The molecule has 126 valence electrons. The number of nitrogens with zero attached hydrogens (tertiary/aromatic N) is 1. The van der Waals surface area contributed by atoms with Crippen molar-refractivity contribution >= 4 is 21.8 Å². The van der Waals surface area contributed by atoms with Crippen molar-refractivity contribution in [3.63, 3.8) is 0 Å². The quantitative estimate of drug-likeness (QED) is 0.782. The second kappa shape index (κ2) is 7.05. The van der Waals surface area contributed by atoms with Crippen LogP contribution in [0.3, 0.4) is 0 Å². The average Bonchev–Trinajstić information content (AvgIpc) is 3.25. The zero-order chi connectivity index (χ0) is 17.0. The van der Waals surface area contributed by atoms with Crippen molar-refractivity contribution in [3.05, 3.63) is 60.6 Å². The number of rotatable bonds is 5. The Balaban J connectivity index is 1.70.